The number of hydrogen-bond donors (Lipinski definition) is 2. The van der Waals surface area contributed by atoms with E-state index < -0.39 is 23.5 Å². The van der Waals surface area contributed by atoms with E-state index in [1.807, 2.05) is 12.1 Å². The highest BCUT2D eigenvalue weighted by molar-refractivity contribution is 6.01. The van der Waals surface area contributed by atoms with Crippen molar-refractivity contribution in [3.05, 3.63) is 70.1 Å². The van der Waals surface area contributed by atoms with E-state index in [2.05, 4.69) is 31.2 Å². The smallest absolute Gasteiger partial charge is 0.357 e. The van der Waals surface area contributed by atoms with Gasteiger partial charge in [0, 0.05) is 11.1 Å². The number of benzene rings is 2. The first kappa shape index (κ1) is 20.3. The largest absolute Gasteiger partial charge is 0.476 e. The number of nitrogens with one attached hydrogen (secondary N) is 1. The van der Waals surface area contributed by atoms with Crippen LogP contribution in [0.2, 0.25) is 0 Å². The van der Waals surface area contributed by atoms with E-state index in [1.165, 1.54) is 19.1 Å². The minimum absolute atomic E-state index is 0.00854. The molecular weight excluding hydrogens is 370 g/mol. The molecule has 1 atom stereocenters. The van der Waals surface area contributed by atoms with Crippen molar-refractivity contribution in [1.29, 1.82) is 0 Å². The number of carboxylic acid groups (broad SMARTS) is 1. The molecule has 0 saturated carbocycles. The van der Waals surface area contributed by atoms with Crippen LogP contribution in [0.4, 0.5) is 5.69 Å². The Balaban J connectivity index is 1.94. The lowest BCUT2D eigenvalue weighted by atomic mass is 9.87. The summed E-state index contributed by atoms with van der Waals surface area (Å²) in [7, 11) is 0. The average Bonchev–Trinajstić information content (AvgIpc) is 2.67. The molecule has 29 heavy (non-hydrogen) atoms. The number of carbonyl (C=O) groups excluding carboxylic acids is 1. The monoisotopic (exact) mass is 393 g/mol. The molecule has 3 aromatic rings. The minimum atomic E-state index is -1.26. The van der Waals surface area contributed by atoms with E-state index in [4.69, 9.17) is 0 Å². The Morgan fingerprint density at radius 2 is 1.62 bits per heavy atom. The van der Waals surface area contributed by atoms with Crippen LogP contribution in [0.5, 0.6) is 0 Å². The highest BCUT2D eigenvalue weighted by Gasteiger charge is 2.23. The van der Waals surface area contributed by atoms with E-state index in [9.17, 15) is 19.5 Å². The summed E-state index contributed by atoms with van der Waals surface area (Å²) in [5.41, 5.74) is 0.917. The van der Waals surface area contributed by atoms with Gasteiger partial charge in [-0.25, -0.2) is 9.48 Å². The fraction of sp³-hybridized carbons (Fsp3) is 0.273. The number of aromatic carboxylic acids is 1. The first-order chi connectivity index (χ1) is 13.6. The number of anilines is 1. The van der Waals surface area contributed by atoms with Gasteiger partial charge in [0.25, 0.3) is 5.56 Å². The third-order valence-corrected chi connectivity index (χ3v) is 4.80. The van der Waals surface area contributed by atoms with Gasteiger partial charge in [-0.1, -0.05) is 51.1 Å². The number of hydrogen-bond acceptors (Lipinski definition) is 4. The normalized spacial score (nSPS) is 12.6. The Bertz CT molecular complexity index is 1140. The van der Waals surface area contributed by atoms with Crippen LogP contribution in [-0.2, 0) is 10.2 Å². The van der Waals surface area contributed by atoms with Crippen LogP contribution < -0.4 is 10.9 Å². The first-order valence-corrected chi connectivity index (χ1v) is 9.26. The van der Waals surface area contributed by atoms with Gasteiger partial charge in [-0.2, -0.15) is 5.10 Å². The second-order valence-corrected chi connectivity index (χ2v) is 7.94. The van der Waals surface area contributed by atoms with Crippen LogP contribution in [0.3, 0.4) is 0 Å². The molecule has 2 aromatic carbocycles. The van der Waals surface area contributed by atoms with E-state index in [0.29, 0.717) is 5.69 Å². The summed E-state index contributed by atoms with van der Waals surface area (Å²) in [6.07, 6.45) is 0. The first-order valence-electron chi connectivity index (χ1n) is 9.26. The molecule has 7 nitrogen and oxygen atoms in total. The number of fused-ring (bicyclic) bond motifs is 1. The fourth-order valence-electron chi connectivity index (χ4n) is 3.04. The topological polar surface area (TPSA) is 101 Å². The molecule has 0 saturated heterocycles. The van der Waals surface area contributed by atoms with Crippen molar-refractivity contribution in [2.45, 2.75) is 39.2 Å². The molecule has 7 heteroatoms. The summed E-state index contributed by atoms with van der Waals surface area (Å²) in [5.74, 6) is -1.73. The average molecular weight is 393 g/mol. The van der Waals surface area contributed by atoms with Gasteiger partial charge in [-0.05, 0) is 36.1 Å². The molecule has 0 aliphatic rings. The van der Waals surface area contributed by atoms with E-state index in [1.54, 1.807) is 24.3 Å². The molecule has 0 radical (unpaired) electrons. The zero-order valence-corrected chi connectivity index (χ0v) is 16.8. The summed E-state index contributed by atoms with van der Waals surface area (Å²) < 4.78 is 0.921. The number of rotatable bonds is 4. The third-order valence-electron chi connectivity index (χ3n) is 4.80. The Labute approximate surface area is 168 Å². The quantitative estimate of drug-likeness (QED) is 0.705. The highest BCUT2D eigenvalue weighted by atomic mass is 16.4. The molecule has 1 amide bonds. The molecule has 0 bridgehead atoms. The van der Waals surface area contributed by atoms with Crippen LogP contribution >= 0.6 is 0 Å². The van der Waals surface area contributed by atoms with Crippen LogP contribution in [0.1, 0.15) is 49.8 Å². The Kier molecular flexibility index (Phi) is 5.24. The van der Waals surface area contributed by atoms with E-state index in [-0.39, 0.29) is 21.9 Å². The Hall–Kier alpha value is -3.48. The summed E-state index contributed by atoms with van der Waals surface area (Å²) in [6.45, 7) is 7.80. The van der Waals surface area contributed by atoms with Crippen molar-refractivity contribution < 1.29 is 14.7 Å². The summed E-state index contributed by atoms with van der Waals surface area (Å²) in [6, 6.07) is 12.8. The van der Waals surface area contributed by atoms with Gasteiger partial charge >= 0.3 is 5.97 Å². The molecule has 1 heterocycles. The second kappa shape index (κ2) is 7.50. The number of aromatic nitrogens is 2. The molecule has 3 rings (SSSR count). The molecule has 0 aliphatic heterocycles. The van der Waals surface area contributed by atoms with Gasteiger partial charge in [0.15, 0.2) is 5.69 Å². The molecule has 0 aliphatic carbocycles. The molecule has 2 N–H and O–H groups in total. The Morgan fingerprint density at radius 1 is 1.03 bits per heavy atom. The maximum absolute atomic E-state index is 12.8. The van der Waals surface area contributed by atoms with Gasteiger partial charge in [0.2, 0.25) is 5.91 Å². The van der Waals surface area contributed by atoms with Gasteiger partial charge in [-0.3, -0.25) is 9.59 Å². The molecular formula is C22H23N3O4. The molecule has 0 fully saturated rings. The number of carboxylic acids is 1. The molecule has 1 unspecified atom stereocenters. The van der Waals surface area contributed by atoms with Crippen LogP contribution in [0.25, 0.3) is 10.8 Å². The lowest BCUT2D eigenvalue weighted by Gasteiger charge is -2.20. The SMILES string of the molecule is CC(C(=O)Nc1ccc(C(C)(C)C)cc1)n1nc(C(=O)O)c2ccccc2c1=O. The van der Waals surface area contributed by atoms with E-state index in [0.717, 1.165) is 10.2 Å². The number of amides is 1. The van der Waals surface area contributed by atoms with Crippen LogP contribution in [0.15, 0.2) is 53.3 Å². The van der Waals surface area contributed by atoms with Crippen molar-refractivity contribution in [3.63, 3.8) is 0 Å². The highest BCUT2D eigenvalue weighted by Crippen LogP contribution is 2.24. The zero-order chi connectivity index (χ0) is 21.3. The minimum Gasteiger partial charge on any atom is -0.476 e. The van der Waals surface area contributed by atoms with Crippen molar-refractivity contribution in [1.82, 2.24) is 9.78 Å². The predicted octanol–water partition coefficient (Wildman–Crippen LogP) is 3.59. The van der Waals surface area contributed by atoms with Gasteiger partial charge in [0.05, 0.1) is 5.39 Å². The van der Waals surface area contributed by atoms with Crippen LogP contribution in [0, 0.1) is 0 Å². The summed E-state index contributed by atoms with van der Waals surface area (Å²) in [4.78, 5) is 37.1. The number of nitrogens with zero attached hydrogens (tertiary/aromatic N) is 2. The second-order valence-electron chi connectivity index (χ2n) is 7.94. The van der Waals surface area contributed by atoms with Crippen molar-refractivity contribution in [2.24, 2.45) is 0 Å². The van der Waals surface area contributed by atoms with Crippen molar-refractivity contribution in [3.8, 4) is 0 Å². The van der Waals surface area contributed by atoms with Gasteiger partial charge in [-0.15, -0.1) is 0 Å². The molecule has 0 spiro atoms. The van der Waals surface area contributed by atoms with Crippen molar-refractivity contribution in [2.75, 3.05) is 5.32 Å². The molecule has 150 valence electrons. The molecule has 1 aromatic heterocycles. The standard InChI is InChI=1S/C22H23N3O4/c1-13(19(26)23-15-11-9-14(10-12-15)22(2,3)4)25-20(27)17-8-6-5-7-16(17)18(24-25)21(28)29/h5-13H,1-4H3,(H,23,26)(H,28,29). The lowest BCUT2D eigenvalue weighted by Crippen LogP contribution is -2.34. The summed E-state index contributed by atoms with van der Waals surface area (Å²) in [5, 5.41) is 16.6. The van der Waals surface area contributed by atoms with E-state index >= 15 is 0 Å². The Morgan fingerprint density at radius 3 is 2.17 bits per heavy atom. The van der Waals surface area contributed by atoms with Crippen LogP contribution in [-0.4, -0.2) is 26.8 Å². The number of carbonyl (C=O) groups is 2. The van der Waals surface area contributed by atoms with Crippen molar-refractivity contribution >= 4 is 28.3 Å². The fourth-order valence-corrected chi connectivity index (χ4v) is 3.04. The van der Waals surface area contributed by atoms with Gasteiger partial charge < -0.3 is 10.4 Å². The predicted molar refractivity (Wildman–Crippen MR) is 111 cm³/mol. The lowest BCUT2D eigenvalue weighted by molar-refractivity contribution is -0.119. The summed E-state index contributed by atoms with van der Waals surface area (Å²) >= 11 is 0. The maximum atomic E-state index is 12.8. The van der Waals surface area contributed by atoms with Gasteiger partial charge in [0.1, 0.15) is 6.04 Å². The maximum Gasteiger partial charge on any atom is 0.357 e. The third kappa shape index (κ3) is 4.03. The zero-order valence-electron chi connectivity index (χ0n) is 16.8.